The van der Waals surface area contributed by atoms with Crippen molar-refractivity contribution < 1.29 is 0 Å². The molecule has 2 rings (SSSR count). The molecule has 4 nitrogen and oxygen atoms in total. The number of pyridine rings is 1. The lowest BCUT2D eigenvalue weighted by Crippen LogP contribution is -2.29. The first-order valence-electron chi connectivity index (χ1n) is 6.15. The van der Waals surface area contributed by atoms with Gasteiger partial charge in [0.05, 0.1) is 11.7 Å². The van der Waals surface area contributed by atoms with E-state index >= 15 is 0 Å². The summed E-state index contributed by atoms with van der Waals surface area (Å²) in [6.07, 6.45) is 4.41. The molecule has 0 aliphatic heterocycles. The van der Waals surface area contributed by atoms with Crippen LogP contribution in [0.15, 0.2) is 18.5 Å². The molecule has 2 aromatic rings. The predicted molar refractivity (Wildman–Crippen MR) is 75.1 cm³/mol. The maximum atomic E-state index is 5.86. The van der Waals surface area contributed by atoms with Crippen molar-refractivity contribution >= 4 is 22.6 Å². The van der Waals surface area contributed by atoms with Gasteiger partial charge in [0, 0.05) is 31.1 Å². The Balaban J connectivity index is 2.41. The molecule has 0 fully saturated rings. The van der Waals surface area contributed by atoms with Crippen LogP contribution in [0.2, 0.25) is 0 Å². The summed E-state index contributed by atoms with van der Waals surface area (Å²) in [7, 11) is 4.18. The van der Waals surface area contributed by atoms with Crippen LogP contribution in [0.4, 0.5) is 0 Å². The summed E-state index contributed by atoms with van der Waals surface area (Å²) >= 11 is 5.86. The van der Waals surface area contributed by atoms with Crippen molar-refractivity contribution in [2.45, 2.75) is 25.9 Å². The van der Waals surface area contributed by atoms with Gasteiger partial charge in [0.1, 0.15) is 11.3 Å². The average Bonchev–Trinajstić information content (AvgIpc) is 2.68. The number of aryl methyl sites for hydroxylation is 1. The number of alkyl halides is 1. The second-order valence-electron chi connectivity index (χ2n) is 4.75. The molecule has 0 N–H and O–H groups in total. The van der Waals surface area contributed by atoms with Crippen LogP contribution in [0.1, 0.15) is 12.7 Å². The van der Waals surface area contributed by atoms with Gasteiger partial charge in [0.25, 0.3) is 0 Å². The molecule has 0 bridgehead atoms. The van der Waals surface area contributed by atoms with E-state index in [-0.39, 0.29) is 0 Å². The van der Waals surface area contributed by atoms with Crippen LogP contribution < -0.4 is 0 Å². The van der Waals surface area contributed by atoms with E-state index in [1.165, 1.54) is 0 Å². The average molecular weight is 267 g/mol. The van der Waals surface area contributed by atoms with E-state index < -0.39 is 0 Å². The van der Waals surface area contributed by atoms with Gasteiger partial charge in [0.15, 0.2) is 0 Å². The summed E-state index contributed by atoms with van der Waals surface area (Å²) in [6, 6.07) is 2.47. The zero-order valence-electron chi connectivity index (χ0n) is 11.1. The van der Waals surface area contributed by atoms with Crippen LogP contribution in [-0.4, -0.2) is 45.5 Å². The lowest BCUT2D eigenvalue weighted by molar-refractivity contribution is 0.284. The molecule has 0 saturated carbocycles. The smallest absolute Gasteiger partial charge is 0.111 e. The summed E-state index contributed by atoms with van der Waals surface area (Å²) in [5.41, 5.74) is 2.09. The highest BCUT2D eigenvalue weighted by Crippen LogP contribution is 2.17. The quantitative estimate of drug-likeness (QED) is 0.778. The van der Waals surface area contributed by atoms with Crippen LogP contribution in [0.5, 0.6) is 0 Å². The van der Waals surface area contributed by atoms with Crippen molar-refractivity contribution in [1.82, 2.24) is 19.4 Å². The van der Waals surface area contributed by atoms with Crippen molar-refractivity contribution in [2.75, 3.05) is 20.0 Å². The third-order valence-corrected chi connectivity index (χ3v) is 3.47. The molecule has 18 heavy (non-hydrogen) atoms. The van der Waals surface area contributed by atoms with E-state index in [0.717, 1.165) is 29.8 Å². The molecule has 2 heterocycles. The Kier molecular flexibility index (Phi) is 4.19. The first-order chi connectivity index (χ1) is 8.63. The number of aromatic nitrogens is 3. The van der Waals surface area contributed by atoms with E-state index in [2.05, 4.69) is 40.5 Å². The first kappa shape index (κ1) is 13.3. The Bertz CT molecular complexity index is 521. The largest absolute Gasteiger partial charge is 0.326 e. The van der Waals surface area contributed by atoms with Crippen LogP contribution in [0, 0.1) is 0 Å². The van der Waals surface area contributed by atoms with Gasteiger partial charge in [-0.25, -0.2) is 4.98 Å². The van der Waals surface area contributed by atoms with Gasteiger partial charge in [0.2, 0.25) is 0 Å². The molecular weight excluding hydrogens is 248 g/mol. The molecule has 0 aliphatic carbocycles. The van der Waals surface area contributed by atoms with Crippen molar-refractivity contribution in [3.8, 4) is 0 Å². The van der Waals surface area contributed by atoms with Crippen LogP contribution in [0.25, 0.3) is 11.0 Å². The summed E-state index contributed by atoms with van der Waals surface area (Å²) in [5, 5.41) is 0. The molecule has 0 radical (unpaired) electrons. The van der Waals surface area contributed by atoms with Crippen LogP contribution in [0.3, 0.4) is 0 Å². The van der Waals surface area contributed by atoms with Gasteiger partial charge < -0.3 is 9.47 Å². The minimum absolute atomic E-state index is 0.449. The minimum Gasteiger partial charge on any atom is -0.326 e. The summed E-state index contributed by atoms with van der Waals surface area (Å²) < 4.78 is 2.25. The summed E-state index contributed by atoms with van der Waals surface area (Å²) in [6.45, 7) is 3.12. The molecule has 2 aromatic heterocycles. The fourth-order valence-electron chi connectivity index (χ4n) is 1.94. The van der Waals surface area contributed by atoms with Crippen molar-refractivity contribution in [1.29, 1.82) is 0 Å². The Morgan fingerprint density at radius 2 is 2.22 bits per heavy atom. The SMILES string of the molecule is CC(Cn1c(CCCl)nc2cnccc21)N(C)C. The van der Waals surface area contributed by atoms with E-state index in [1.54, 1.807) is 0 Å². The molecule has 0 aromatic carbocycles. The number of rotatable bonds is 5. The van der Waals surface area contributed by atoms with Gasteiger partial charge in [-0.15, -0.1) is 11.6 Å². The molecule has 1 atom stereocenters. The Labute approximate surface area is 113 Å². The highest BCUT2D eigenvalue weighted by atomic mass is 35.5. The standard InChI is InChI=1S/C13H19ClN4/c1-10(17(2)3)9-18-12-5-7-15-8-11(12)16-13(18)4-6-14/h5,7-8,10H,4,6,9H2,1-3H3. The van der Waals surface area contributed by atoms with Gasteiger partial charge in [-0.05, 0) is 27.1 Å². The maximum Gasteiger partial charge on any atom is 0.111 e. The zero-order valence-corrected chi connectivity index (χ0v) is 11.9. The highest BCUT2D eigenvalue weighted by molar-refractivity contribution is 6.17. The third-order valence-electron chi connectivity index (χ3n) is 3.28. The second-order valence-corrected chi connectivity index (χ2v) is 5.13. The number of nitrogens with zero attached hydrogens (tertiary/aromatic N) is 4. The molecule has 98 valence electrons. The highest BCUT2D eigenvalue weighted by Gasteiger charge is 2.13. The van der Waals surface area contributed by atoms with Crippen molar-refractivity contribution in [3.63, 3.8) is 0 Å². The fraction of sp³-hybridized carbons (Fsp3) is 0.538. The Morgan fingerprint density at radius 1 is 1.44 bits per heavy atom. The van der Waals surface area contributed by atoms with Gasteiger partial charge in [-0.3, -0.25) is 4.98 Å². The van der Waals surface area contributed by atoms with E-state index in [1.807, 2.05) is 18.5 Å². The maximum absolute atomic E-state index is 5.86. The van der Waals surface area contributed by atoms with Gasteiger partial charge in [-0.2, -0.15) is 0 Å². The number of imidazole rings is 1. The number of hydrogen-bond acceptors (Lipinski definition) is 3. The van der Waals surface area contributed by atoms with E-state index in [4.69, 9.17) is 11.6 Å². The normalized spacial score (nSPS) is 13.4. The Hall–Kier alpha value is -1.13. The molecule has 1 unspecified atom stereocenters. The second kappa shape index (κ2) is 5.67. The fourth-order valence-corrected chi connectivity index (χ4v) is 2.11. The molecule has 5 heteroatoms. The van der Waals surface area contributed by atoms with Gasteiger partial charge in [-0.1, -0.05) is 0 Å². The number of likely N-dealkylation sites (N-methyl/N-ethyl adjacent to an activating group) is 1. The van der Waals surface area contributed by atoms with E-state index in [9.17, 15) is 0 Å². The number of halogens is 1. The molecule has 0 amide bonds. The number of hydrogen-bond donors (Lipinski definition) is 0. The lowest BCUT2D eigenvalue weighted by atomic mass is 10.3. The van der Waals surface area contributed by atoms with Crippen molar-refractivity contribution in [2.24, 2.45) is 0 Å². The molecular formula is C13H19ClN4. The summed E-state index contributed by atoms with van der Waals surface area (Å²) in [5.74, 6) is 1.63. The molecule has 0 saturated heterocycles. The third kappa shape index (κ3) is 2.65. The Morgan fingerprint density at radius 3 is 2.89 bits per heavy atom. The minimum atomic E-state index is 0.449. The zero-order chi connectivity index (χ0) is 13.1. The first-order valence-corrected chi connectivity index (χ1v) is 6.68. The number of fused-ring (bicyclic) bond motifs is 1. The summed E-state index contributed by atoms with van der Waals surface area (Å²) in [4.78, 5) is 10.9. The monoisotopic (exact) mass is 266 g/mol. The van der Waals surface area contributed by atoms with Crippen LogP contribution >= 0.6 is 11.6 Å². The van der Waals surface area contributed by atoms with Crippen LogP contribution in [-0.2, 0) is 13.0 Å². The van der Waals surface area contributed by atoms with E-state index in [0.29, 0.717) is 11.9 Å². The van der Waals surface area contributed by atoms with Crippen molar-refractivity contribution in [3.05, 3.63) is 24.3 Å². The van der Waals surface area contributed by atoms with Gasteiger partial charge >= 0.3 is 0 Å². The molecule has 0 spiro atoms. The lowest BCUT2D eigenvalue weighted by Gasteiger charge is -2.21. The molecule has 0 aliphatic rings. The predicted octanol–water partition coefficient (Wildman–Crippen LogP) is 2.16. The topological polar surface area (TPSA) is 34.0 Å².